The van der Waals surface area contributed by atoms with Gasteiger partial charge in [0.2, 0.25) is 0 Å². The fourth-order valence-electron chi connectivity index (χ4n) is 2.07. The molecule has 1 aromatic rings. The summed E-state index contributed by atoms with van der Waals surface area (Å²) in [5, 5.41) is 7.48. The van der Waals surface area contributed by atoms with Crippen LogP contribution < -0.4 is 10.6 Å². The molecule has 0 atom stereocenters. The summed E-state index contributed by atoms with van der Waals surface area (Å²) >= 11 is 1.56. The fraction of sp³-hybridized carbons (Fsp3) is 0.375. The van der Waals surface area contributed by atoms with Crippen LogP contribution in [0.15, 0.2) is 29.4 Å². The molecule has 3 rings (SSSR count). The first-order valence-corrected chi connectivity index (χ1v) is 8.36. The SMILES string of the molecule is Cc1ccc(C(=O)NC2CC2)cc1NC(=O)C1=CSCCO1. The Morgan fingerprint density at radius 1 is 1.27 bits per heavy atom. The maximum absolute atomic E-state index is 12.2. The molecule has 2 aliphatic rings. The number of amides is 2. The van der Waals surface area contributed by atoms with Crippen LogP contribution in [-0.4, -0.2) is 30.2 Å². The molecule has 0 radical (unpaired) electrons. The van der Waals surface area contributed by atoms with E-state index in [1.54, 1.807) is 29.3 Å². The molecule has 0 bridgehead atoms. The standard InChI is InChI=1S/C16H18N2O3S/c1-10-2-3-11(15(19)17-12-4-5-12)8-13(10)18-16(20)14-9-22-7-6-21-14/h2-3,8-9,12H,4-7H2,1H3,(H,17,19)(H,18,20). The molecule has 5 nitrogen and oxygen atoms in total. The average Bonchev–Trinajstić information content (AvgIpc) is 3.34. The average molecular weight is 318 g/mol. The van der Waals surface area contributed by atoms with Crippen molar-refractivity contribution < 1.29 is 14.3 Å². The molecule has 1 aromatic carbocycles. The van der Waals surface area contributed by atoms with Crippen LogP contribution in [0.4, 0.5) is 5.69 Å². The lowest BCUT2D eigenvalue weighted by Gasteiger charge is -2.15. The van der Waals surface area contributed by atoms with Gasteiger partial charge in [-0.05, 0) is 37.5 Å². The van der Waals surface area contributed by atoms with Gasteiger partial charge < -0.3 is 15.4 Å². The highest BCUT2D eigenvalue weighted by molar-refractivity contribution is 8.02. The van der Waals surface area contributed by atoms with Gasteiger partial charge in [0, 0.05) is 28.5 Å². The lowest BCUT2D eigenvalue weighted by molar-refractivity contribution is -0.116. The summed E-state index contributed by atoms with van der Waals surface area (Å²) in [4.78, 5) is 24.3. The third kappa shape index (κ3) is 3.62. The molecule has 1 aliphatic heterocycles. The Morgan fingerprint density at radius 3 is 2.77 bits per heavy atom. The Hall–Kier alpha value is -1.95. The quantitative estimate of drug-likeness (QED) is 0.895. The molecule has 0 aromatic heterocycles. The van der Waals surface area contributed by atoms with Crippen molar-refractivity contribution in [1.82, 2.24) is 5.32 Å². The first kappa shape index (κ1) is 15.0. The molecule has 0 saturated heterocycles. The molecule has 1 saturated carbocycles. The summed E-state index contributed by atoms with van der Waals surface area (Å²) < 4.78 is 5.34. The Labute approximate surface area is 133 Å². The highest BCUT2D eigenvalue weighted by Crippen LogP contribution is 2.22. The van der Waals surface area contributed by atoms with Crippen molar-refractivity contribution in [3.05, 3.63) is 40.5 Å². The summed E-state index contributed by atoms with van der Waals surface area (Å²) in [6, 6.07) is 5.63. The number of nitrogens with one attached hydrogen (secondary N) is 2. The second kappa shape index (κ2) is 6.44. The van der Waals surface area contributed by atoms with E-state index in [0.29, 0.717) is 29.7 Å². The molecule has 1 heterocycles. The van der Waals surface area contributed by atoms with Gasteiger partial charge in [0.05, 0.1) is 6.61 Å². The molecule has 6 heteroatoms. The largest absolute Gasteiger partial charge is 0.487 e. The van der Waals surface area contributed by atoms with Crippen LogP contribution in [0.3, 0.4) is 0 Å². The maximum Gasteiger partial charge on any atom is 0.291 e. The molecule has 0 spiro atoms. The number of rotatable bonds is 4. The zero-order valence-electron chi connectivity index (χ0n) is 12.3. The lowest BCUT2D eigenvalue weighted by Crippen LogP contribution is -2.25. The van der Waals surface area contributed by atoms with Gasteiger partial charge in [0.1, 0.15) is 0 Å². The van der Waals surface area contributed by atoms with Crippen LogP contribution in [0, 0.1) is 6.92 Å². The minimum Gasteiger partial charge on any atom is -0.487 e. The molecular formula is C16H18N2O3S. The van der Waals surface area contributed by atoms with E-state index in [1.807, 2.05) is 13.0 Å². The van der Waals surface area contributed by atoms with Crippen molar-refractivity contribution >= 4 is 29.3 Å². The lowest BCUT2D eigenvalue weighted by atomic mass is 10.1. The Kier molecular flexibility index (Phi) is 4.38. The summed E-state index contributed by atoms with van der Waals surface area (Å²) in [6.45, 7) is 2.43. The number of carbonyl (C=O) groups excluding carboxylic acids is 2. The summed E-state index contributed by atoms with van der Waals surface area (Å²) in [5.74, 6) is 0.798. The summed E-state index contributed by atoms with van der Waals surface area (Å²) in [7, 11) is 0. The normalized spacial score (nSPS) is 17.2. The predicted molar refractivity (Wildman–Crippen MR) is 86.8 cm³/mol. The molecular weight excluding hydrogens is 300 g/mol. The highest BCUT2D eigenvalue weighted by atomic mass is 32.2. The maximum atomic E-state index is 12.2. The Morgan fingerprint density at radius 2 is 2.09 bits per heavy atom. The highest BCUT2D eigenvalue weighted by Gasteiger charge is 2.24. The van der Waals surface area contributed by atoms with E-state index < -0.39 is 0 Å². The summed E-state index contributed by atoms with van der Waals surface area (Å²) in [5.41, 5.74) is 2.09. The number of anilines is 1. The third-order valence-electron chi connectivity index (χ3n) is 3.53. The van der Waals surface area contributed by atoms with Gasteiger partial charge in [-0.25, -0.2) is 0 Å². The molecule has 116 valence electrons. The third-order valence-corrected chi connectivity index (χ3v) is 4.32. The Balaban J connectivity index is 1.73. The van der Waals surface area contributed by atoms with Gasteiger partial charge in [-0.1, -0.05) is 6.07 Å². The van der Waals surface area contributed by atoms with Gasteiger partial charge in [0.15, 0.2) is 5.76 Å². The number of ether oxygens (including phenoxy) is 1. The minimum absolute atomic E-state index is 0.0957. The molecule has 0 unspecified atom stereocenters. The van der Waals surface area contributed by atoms with Gasteiger partial charge in [-0.3, -0.25) is 9.59 Å². The van der Waals surface area contributed by atoms with E-state index in [2.05, 4.69) is 10.6 Å². The van der Waals surface area contributed by atoms with E-state index in [9.17, 15) is 9.59 Å². The van der Waals surface area contributed by atoms with Crippen LogP contribution in [0.25, 0.3) is 0 Å². The van der Waals surface area contributed by atoms with Crippen LogP contribution in [0.1, 0.15) is 28.8 Å². The number of hydrogen-bond donors (Lipinski definition) is 2. The number of carbonyl (C=O) groups is 2. The first-order valence-electron chi connectivity index (χ1n) is 7.31. The monoisotopic (exact) mass is 318 g/mol. The van der Waals surface area contributed by atoms with Crippen LogP contribution >= 0.6 is 11.8 Å². The van der Waals surface area contributed by atoms with Crippen molar-refractivity contribution in [1.29, 1.82) is 0 Å². The zero-order valence-corrected chi connectivity index (χ0v) is 13.2. The van der Waals surface area contributed by atoms with Gasteiger partial charge in [0.25, 0.3) is 11.8 Å². The minimum atomic E-state index is -0.282. The summed E-state index contributed by atoms with van der Waals surface area (Å²) in [6.07, 6.45) is 2.09. The van der Waals surface area contributed by atoms with Gasteiger partial charge >= 0.3 is 0 Å². The van der Waals surface area contributed by atoms with E-state index in [0.717, 1.165) is 24.2 Å². The predicted octanol–water partition coefficient (Wildman–Crippen LogP) is 2.43. The van der Waals surface area contributed by atoms with Gasteiger partial charge in [-0.15, -0.1) is 11.8 Å². The van der Waals surface area contributed by atoms with Crippen LogP contribution in [0.5, 0.6) is 0 Å². The second-order valence-electron chi connectivity index (χ2n) is 5.43. The first-order chi connectivity index (χ1) is 10.6. The number of aryl methyl sites for hydroxylation is 1. The van der Waals surface area contributed by atoms with Crippen LogP contribution in [0.2, 0.25) is 0 Å². The van der Waals surface area contributed by atoms with E-state index in [1.165, 1.54) is 0 Å². The van der Waals surface area contributed by atoms with E-state index in [4.69, 9.17) is 4.74 Å². The number of thioether (sulfide) groups is 1. The topological polar surface area (TPSA) is 67.4 Å². The molecule has 1 fully saturated rings. The molecule has 1 aliphatic carbocycles. The molecule has 2 amide bonds. The van der Waals surface area contributed by atoms with Crippen LogP contribution in [-0.2, 0) is 9.53 Å². The van der Waals surface area contributed by atoms with E-state index in [-0.39, 0.29) is 11.8 Å². The van der Waals surface area contributed by atoms with Crippen molar-refractivity contribution in [3.8, 4) is 0 Å². The molecule has 2 N–H and O–H groups in total. The van der Waals surface area contributed by atoms with Gasteiger partial charge in [-0.2, -0.15) is 0 Å². The second-order valence-corrected chi connectivity index (χ2v) is 6.41. The zero-order chi connectivity index (χ0) is 15.5. The Bertz CT molecular complexity index is 638. The smallest absolute Gasteiger partial charge is 0.291 e. The molecule has 22 heavy (non-hydrogen) atoms. The number of benzene rings is 1. The fourth-order valence-corrected chi connectivity index (χ4v) is 2.69. The number of hydrogen-bond acceptors (Lipinski definition) is 4. The van der Waals surface area contributed by atoms with Crippen molar-refractivity contribution in [2.24, 2.45) is 0 Å². The van der Waals surface area contributed by atoms with E-state index >= 15 is 0 Å². The van der Waals surface area contributed by atoms with Crippen molar-refractivity contribution in [3.63, 3.8) is 0 Å². The van der Waals surface area contributed by atoms with Crippen molar-refractivity contribution in [2.45, 2.75) is 25.8 Å². The van der Waals surface area contributed by atoms with Crippen molar-refractivity contribution in [2.75, 3.05) is 17.7 Å².